The van der Waals surface area contributed by atoms with Crippen molar-refractivity contribution >= 4 is 17.3 Å². The van der Waals surface area contributed by atoms with Crippen molar-refractivity contribution in [3.63, 3.8) is 0 Å². The van der Waals surface area contributed by atoms with Gasteiger partial charge in [-0.05, 0) is 13.8 Å². The molecule has 1 aromatic rings. The van der Waals surface area contributed by atoms with E-state index in [9.17, 15) is 4.39 Å². The Hall–Kier alpha value is -0.830. The average Bonchev–Trinajstić information content (AvgIpc) is 2.15. The third kappa shape index (κ3) is 2.56. The molecule has 0 amide bonds. The number of nitrogen functional groups attached to an aromatic ring is 1. The lowest BCUT2D eigenvalue weighted by molar-refractivity contribution is 0.612. The van der Waals surface area contributed by atoms with Gasteiger partial charge >= 0.3 is 0 Å². The van der Waals surface area contributed by atoms with Crippen molar-refractivity contribution in [2.75, 3.05) is 5.73 Å². The molecule has 1 heterocycles. The summed E-state index contributed by atoms with van der Waals surface area (Å²) in [6.45, 7) is 7.26. The summed E-state index contributed by atoms with van der Waals surface area (Å²) in [7, 11) is 0. The number of aromatic nitrogens is 1. The highest BCUT2D eigenvalue weighted by Gasteiger charge is 2.09. The highest BCUT2D eigenvalue weighted by atomic mass is 35.5. The van der Waals surface area contributed by atoms with Crippen LogP contribution in [0.3, 0.4) is 0 Å². The van der Waals surface area contributed by atoms with E-state index < -0.39 is 5.82 Å². The van der Waals surface area contributed by atoms with Crippen LogP contribution in [0.1, 0.15) is 25.1 Å². The third-order valence-electron chi connectivity index (χ3n) is 1.57. The van der Waals surface area contributed by atoms with Crippen LogP contribution >= 0.6 is 11.6 Å². The minimum Gasteiger partial charge on any atom is -0.397 e. The Morgan fingerprint density at radius 1 is 1.31 bits per heavy atom. The molecule has 0 radical (unpaired) electrons. The smallest absolute Gasteiger partial charge is 0.165 e. The first-order valence-corrected chi connectivity index (χ1v) is 4.49. The van der Waals surface area contributed by atoms with E-state index >= 15 is 0 Å². The normalized spacial score (nSPS) is 9.08. The molecule has 2 N–H and O–H groups in total. The van der Waals surface area contributed by atoms with E-state index in [0.29, 0.717) is 16.9 Å². The molecular formula is C9H14ClFN2. The second-order valence-corrected chi connectivity index (χ2v) is 2.70. The standard InChI is InChI=1S/C7H8ClFN2.C2H6/c1-3-5(9)7(8)11-4(2)6(3)10;1-2/h10H2,1-2H3;1-2H3. The fourth-order valence-corrected chi connectivity index (χ4v) is 1.07. The van der Waals surface area contributed by atoms with Crippen LogP contribution in [0, 0.1) is 19.7 Å². The fraction of sp³-hybridized carbons (Fsp3) is 0.444. The van der Waals surface area contributed by atoms with Crippen molar-refractivity contribution in [1.82, 2.24) is 4.98 Å². The predicted molar refractivity (Wildman–Crippen MR) is 54.4 cm³/mol. The van der Waals surface area contributed by atoms with Crippen LogP contribution in [0.5, 0.6) is 0 Å². The average molecular weight is 205 g/mol. The molecule has 0 atom stereocenters. The van der Waals surface area contributed by atoms with E-state index in [1.54, 1.807) is 13.8 Å². The molecule has 74 valence electrons. The Morgan fingerprint density at radius 3 is 2.23 bits per heavy atom. The first-order chi connectivity index (χ1) is 6.04. The number of nitrogens with zero attached hydrogens (tertiary/aromatic N) is 1. The fourth-order valence-electron chi connectivity index (χ4n) is 0.801. The molecule has 0 unspecified atom stereocenters. The summed E-state index contributed by atoms with van der Waals surface area (Å²) < 4.78 is 12.9. The van der Waals surface area contributed by atoms with Crippen LogP contribution in [-0.4, -0.2) is 4.98 Å². The summed E-state index contributed by atoms with van der Waals surface area (Å²) in [6.07, 6.45) is 0. The van der Waals surface area contributed by atoms with Crippen molar-refractivity contribution in [2.24, 2.45) is 0 Å². The zero-order chi connectivity index (χ0) is 10.6. The Bertz CT molecular complexity index is 274. The van der Waals surface area contributed by atoms with Gasteiger partial charge in [0.1, 0.15) is 0 Å². The second-order valence-electron chi connectivity index (χ2n) is 2.34. The number of nitrogens with two attached hydrogens (primary N) is 1. The van der Waals surface area contributed by atoms with Crippen LogP contribution in [-0.2, 0) is 0 Å². The lowest BCUT2D eigenvalue weighted by Gasteiger charge is -2.05. The third-order valence-corrected chi connectivity index (χ3v) is 1.82. The zero-order valence-electron chi connectivity index (χ0n) is 8.28. The number of pyridine rings is 1. The molecular weight excluding hydrogens is 191 g/mol. The Kier molecular flexibility index (Phi) is 4.70. The van der Waals surface area contributed by atoms with Gasteiger partial charge in [-0.3, -0.25) is 0 Å². The molecule has 0 fully saturated rings. The van der Waals surface area contributed by atoms with Crippen LogP contribution in [0.25, 0.3) is 0 Å². The maximum Gasteiger partial charge on any atom is 0.165 e. The second kappa shape index (κ2) is 5.02. The predicted octanol–water partition coefficient (Wildman–Crippen LogP) is 3.10. The van der Waals surface area contributed by atoms with Gasteiger partial charge in [-0.15, -0.1) is 0 Å². The van der Waals surface area contributed by atoms with Crippen LogP contribution in [0.4, 0.5) is 10.1 Å². The number of halogens is 2. The monoisotopic (exact) mass is 204 g/mol. The molecule has 0 saturated carbocycles. The largest absolute Gasteiger partial charge is 0.397 e. The van der Waals surface area contributed by atoms with E-state index in [1.165, 1.54) is 0 Å². The zero-order valence-corrected chi connectivity index (χ0v) is 9.04. The summed E-state index contributed by atoms with van der Waals surface area (Å²) in [5, 5.41) is -0.116. The molecule has 4 heteroatoms. The maximum absolute atomic E-state index is 12.9. The van der Waals surface area contributed by atoms with E-state index in [1.807, 2.05) is 13.8 Å². The van der Waals surface area contributed by atoms with Crippen LogP contribution < -0.4 is 5.73 Å². The van der Waals surface area contributed by atoms with Gasteiger partial charge in [0.2, 0.25) is 0 Å². The lowest BCUT2D eigenvalue weighted by Crippen LogP contribution is -2.00. The molecule has 0 saturated heterocycles. The van der Waals surface area contributed by atoms with E-state index in [2.05, 4.69) is 4.98 Å². The molecule has 0 spiro atoms. The van der Waals surface area contributed by atoms with Crippen molar-refractivity contribution < 1.29 is 4.39 Å². The van der Waals surface area contributed by atoms with E-state index in [-0.39, 0.29) is 5.15 Å². The summed E-state index contributed by atoms with van der Waals surface area (Å²) in [4.78, 5) is 3.70. The van der Waals surface area contributed by atoms with Gasteiger partial charge in [0.25, 0.3) is 0 Å². The molecule has 0 bridgehead atoms. The van der Waals surface area contributed by atoms with Crippen molar-refractivity contribution in [1.29, 1.82) is 0 Å². The SMILES string of the molecule is CC.Cc1nc(Cl)c(F)c(C)c1N. The highest BCUT2D eigenvalue weighted by Crippen LogP contribution is 2.22. The first-order valence-electron chi connectivity index (χ1n) is 4.11. The summed E-state index contributed by atoms with van der Waals surface area (Å²) in [6, 6.07) is 0. The molecule has 0 aromatic carbocycles. The lowest BCUT2D eigenvalue weighted by atomic mass is 10.2. The highest BCUT2D eigenvalue weighted by molar-refractivity contribution is 6.29. The number of aryl methyl sites for hydroxylation is 1. The minimum atomic E-state index is -0.533. The van der Waals surface area contributed by atoms with Gasteiger partial charge in [0.05, 0.1) is 11.4 Å². The number of anilines is 1. The van der Waals surface area contributed by atoms with Gasteiger partial charge < -0.3 is 5.73 Å². The van der Waals surface area contributed by atoms with Crippen molar-refractivity contribution in [3.8, 4) is 0 Å². The molecule has 1 rings (SSSR count). The van der Waals surface area contributed by atoms with Gasteiger partial charge in [-0.25, -0.2) is 9.37 Å². The van der Waals surface area contributed by atoms with E-state index in [0.717, 1.165) is 0 Å². The maximum atomic E-state index is 12.9. The molecule has 0 aliphatic rings. The van der Waals surface area contributed by atoms with Gasteiger partial charge in [-0.2, -0.15) is 0 Å². The first kappa shape index (κ1) is 12.2. The molecule has 13 heavy (non-hydrogen) atoms. The van der Waals surface area contributed by atoms with Crippen molar-refractivity contribution in [3.05, 3.63) is 22.2 Å². The Balaban J connectivity index is 0.000000671. The summed E-state index contributed by atoms with van der Waals surface area (Å²) in [5.41, 5.74) is 6.79. The van der Waals surface area contributed by atoms with Crippen LogP contribution in [0.2, 0.25) is 5.15 Å². The summed E-state index contributed by atoms with van der Waals surface area (Å²) in [5.74, 6) is -0.533. The number of rotatable bonds is 0. The quantitative estimate of drug-likeness (QED) is 0.660. The Morgan fingerprint density at radius 2 is 1.77 bits per heavy atom. The van der Waals surface area contributed by atoms with Crippen LogP contribution in [0.15, 0.2) is 0 Å². The summed E-state index contributed by atoms with van der Waals surface area (Å²) >= 11 is 5.45. The molecule has 1 aromatic heterocycles. The van der Waals surface area contributed by atoms with E-state index in [4.69, 9.17) is 17.3 Å². The van der Waals surface area contributed by atoms with Gasteiger partial charge in [-0.1, -0.05) is 25.4 Å². The Labute approximate surface area is 82.9 Å². The molecule has 0 aliphatic carbocycles. The molecule has 2 nitrogen and oxygen atoms in total. The van der Waals surface area contributed by atoms with Crippen molar-refractivity contribution in [2.45, 2.75) is 27.7 Å². The van der Waals surface area contributed by atoms with Gasteiger partial charge in [0, 0.05) is 5.56 Å². The topological polar surface area (TPSA) is 38.9 Å². The van der Waals surface area contributed by atoms with Gasteiger partial charge in [0.15, 0.2) is 11.0 Å². The number of hydrogen-bond donors (Lipinski definition) is 1. The minimum absolute atomic E-state index is 0.116. The number of hydrogen-bond acceptors (Lipinski definition) is 2. The molecule has 0 aliphatic heterocycles.